The van der Waals surface area contributed by atoms with Gasteiger partial charge >= 0.3 is 0 Å². The molecule has 1 aromatic carbocycles. The summed E-state index contributed by atoms with van der Waals surface area (Å²) < 4.78 is 16.1. The molecule has 0 saturated carbocycles. The Labute approximate surface area is 168 Å². The number of hydrogen-bond acceptors (Lipinski definition) is 8. The monoisotopic (exact) mass is 409 g/mol. The highest BCUT2D eigenvalue weighted by Crippen LogP contribution is 2.32. The minimum absolute atomic E-state index is 0.00967. The summed E-state index contributed by atoms with van der Waals surface area (Å²) in [6.07, 6.45) is -4.13. The fraction of sp³-hybridized carbons (Fsp3) is 0.579. The van der Waals surface area contributed by atoms with Crippen LogP contribution in [0.15, 0.2) is 18.2 Å². The van der Waals surface area contributed by atoms with E-state index in [1.807, 2.05) is 19.0 Å². The summed E-state index contributed by atoms with van der Waals surface area (Å²) in [5.74, 6) is 0.420. The standard InChI is InChI=1S/C19H27N3O7/c1-22(2)6-5-20-16(23)8-14-17(24)18(25)15(29-14)9-21-19(26)11-3-4-12-13(7-11)28-10-27-12/h3-4,7,14-15,17-18,24-25H,5-6,8-10H2,1-2H3,(H,20,23)(H,21,26). The van der Waals surface area contributed by atoms with E-state index < -0.39 is 24.4 Å². The SMILES string of the molecule is CN(C)CCNC(=O)CC1OC(CNC(=O)c2ccc3c(c2)OCO3)C(O)C1O. The molecule has 160 valence electrons. The molecule has 0 radical (unpaired) electrons. The van der Waals surface area contributed by atoms with Crippen LogP contribution in [0, 0.1) is 0 Å². The summed E-state index contributed by atoms with van der Waals surface area (Å²) in [4.78, 5) is 26.3. The van der Waals surface area contributed by atoms with Gasteiger partial charge in [0.1, 0.15) is 18.3 Å². The van der Waals surface area contributed by atoms with Crippen molar-refractivity contribution in [2.24, 2.45) is 0 Å². The van der Waals surface area contributed by atoms with Crippen LogP contribution in [0.4, 0.5) is 0 Å². The molecule has 29 heavy (non-hydrogen) atoms. The van der Waals surface area contributed by atoms with E-state index in [1.54, 1.807) is 18.2 Å². The summed E-state index contributed by atoms with van der Waals surface area (Å²) in [5, 5.41) is 25.8. The van der Waals surface area contributed by atoms with Crippen molar-refractivity contribution in [3.05, 3.63) is 23.8 Å². The maximum Gasteiger partial charge on any atom is 0.251 e. The third-order valence-corrected chi connectivity index (χ3v) is 4.83. The number of amides is 2. The van der Waals surface area contributed by atoms with Crippen LogP contribution in [0.5, 0.6) is 11.5 Å². The van der Waals surface area contributed by atoms with Crippen molar-refractivity contribution in [2.75, 3.05) is 40.5 Å². The first-order valence-corrected chi connectivity index (χ1v) is 9.46. The Morgan fingerprint density at radius 1 is 1.10 bits per heavy atom. The Morgan fingerprint density at radius 2 is 1.83 bits per heavy atom. The molecule has 1 fully saturated rings. The van der Waals surface area contributed by atoms with Crippen LogP contribution in [-0.4, -0.2) is 91.9 Å². The van der Waals surface area contributed by atoms with Crippen LogP contribution in [0.3, 0.4) is 0 Å². The maximum atomic E-state index is 12.3. The summed E-state index contributed by atoms with van der Waals surface area (Å²) in [5.41, 5.74) is 0.374. The predicted octanol–water partition coefficient (Wildman–Crippen LogP) is -1.30. The predicted molar refractivity (Wildman–Crippen MR) is 102 cm³/mol. The molecule has 4 atom stereocenters. The number of ether oxygens (including phenoxy) is 3. The second-order valence-corrected chi connectivity index (χ2v) is 7.33. The summed E-state index contributed by atoms with van der Waals surface area (Å²) >= 11 is 0. The van der Waals surface area contributed by atoms with E-state index in [1.165, 1.54) is 0 Å². The number of likely N-dealkylation sites (N-methyl/N-ethyl adjacent to an activating group) is 1. The van der Waals surface area contributed by atoms with E-state index >= 15 is 0 Å². The average Bonchev–Trinajstić information content (AvgIpc) is 3.25. The molecule has 2 aliphatic heterocycles. The molecule has 1 aromatic rings. The zero-order chi connectivity index (χ0) is 21.0. The number of carbonyl (C=O) groups is 2. The van der Waals surface area contributed by atoms with E-state index in [-0.39, 0.29) is 31.6 Å². The molecule has 1 saturated heterocycles. The lowest BCUT2D eigenvalue weighted by atomic mass is 10.1. The van der Waals surface area contributed by atoms with Gasteiger partial charge in [-0.05, 0) is 32.3 Å². The Kier molecular flexibility index (Phi) is 6.91. The van der Waals surface area contributed by atoms with Crippen molar-refractivity contribution >= 4 is 11.8 Å². The minimum Gasteiger partial charge on any atom is -0.454 e. The van der Waals surface area contributed by atoms with Crippen LogP contribution >= 0.6 is 0 Å². The summed E-state index contributed by atoms with van der Waals surface area (Å²) in [7, 11) is 3.80. The molecular weight excluding hydrogens is 382 g/mol. The van der Waals surface area contributed by atoms with E-state index in [0.29, 0.717) is 30.2 Å². The van der Waals surface area contributed by atoms with E-state index in [9.17, 15) is 19.8 Å². The Bertz CT molecular complexity index is 743. The highest BCUT2D eigenvalue weighted by atomic mass is 16.7. The molecule has 0 aromatic heterocycles. The van der Waals surface area contributed by atoms with Gasteiger partial charge in [-0.15, -0.1) is 0 Å². The van der Waals surface area contributed by atoms with E-state index in [0.717, 1.165) is 0 Å². The molecule has 4 N–H and O–H groups in total. The number of nitrogens with zero attached hydrogens (tertiary/aromatic N) is 1. The number of nitrogens with one attached hydrogen (secondary N) is 2. The molecule has 2 heterocycles. The molecular formula is C19H27N3O7. The van der Waals surface area contributed by atoms with Crippen LogP contribution in [0.2, 0.25) is 0 Å². The summed E-state index contributed by atoms with van der Waals surface area (Å²) in [6.45, 7) is 1.28. The zero-order valence-electron chi connectivity index (χ0n) is 16.5. The van der Waals surface area contributed by atoms with Crippen molar-refractivity contribution in [2.45, 2.75) is 30.8 Å². The van der Waals surface area contributed by atoms with E-state index in [2.05, 4.69) is 10.6 Å². The molecule has 0 spiro atoms. The Balaban J connectivity index is 1.47. The third kappa shape index (κ3) is 5.36. The first-order valence-electron chi connectivity index (χ1n) is 9.46. The van der Waals surface area contributed by atoms with Gasteiger partial charge in [0.05, 0.1) is 12.5 Å². The number of fused-ring (bicyclic) bond motifs is 1. The van der Waals surface area contributed by atoms with Gasteiger partial charge in [-0.3, -0.25) is 9.59 Å². The lowest BCUT2D eigenvalue weighted by molar-refractivity contribution is -0.125. The lowest BCUT2D eigenvalue weighted by Gasteiger charge is -2.16. The van der Waals surface area contributed by atoms with Crippen molar-refractivity contribution < 1.29 is 34.0 Å². The third-order valence-electron chi connectivity index (χ3n) is 4.83. The number of benzene rings is 1. The summed E-state index contributed by atoms with van der Waals surface area (Å²) in [6, 6.07) is 4.82. The van der Waals surface area contributed by atoms with Gasteiger partial charge in [-0.25, -0.2) is 0 Å². The van der Waals surface area contributed by atoms with Gasteiger partial charge in [0, 0.05) is 25.2 Å². The largest absolute Gasteiger partial charge is 0.454 e. The maximum absolute atomic E-state index is 12.3. The van der Waals surface area contributed by atoms with Crippen molar-refractivity contribution in [1.82, 2.24) is 15.5 Å². The number of carbonyl (C=O) groups excluding carboxylic acids is 2. The molecule has 4 unspecified atom stereocenters. The second-order valence-electron chi connectivity index (χ2n) is 7.33. The molecule has 3 rings (SSSR count). The van der Waals surface area contributed by atoms with Crippen molar-refractivity contribution in [1.29, 1.82) is 0 Å². The van der Waals surface area contributed by atoms with Gasteiger partial charge in [-0.2, -0.15) is 0 Å². The van der Waals surface area contributed by atoms with Gasteiger partial charge in [-0.1, -0.05) is 0 Å². The fourth-order valence-corrected chi connectivity index (χ4v) is 3.17. The molecule has 2 aliphatic rings. The first kappa shape index (κ1) is 21.3. The molecule has 10 heteroatoms. The van der Waals surface area contributed by atoms with Crippen molar-refractivity contribution in [3.63, 3.8) is 0 Å². The molecule has 10 nitrogen and oxygen atoms in total. The first-order chi connectivity index (χ1) is 13.8. The number of rotatable bonds is 8. The normalized spacial score (nSPS) is 25.3. The smallest absolute Gasteiger partial charge is 0.251 e. The molecule has 2 amide bonds. The number of aliphatic hydroxyl groups excluding tert-OH is 2. The van der Waals surface area contributed by atoms with Crippen LogP contribution in [0.25, 0.3) is 0 Å². The second kappa shape index (κ2) is 9.40. The van der Waals surface area contributed by atoms with Crippen LogP contribution < -0.4 is 20.1 Å². The van der Waals surface area contributed by atoms with Gasteiger partial charge in [0.25, 0.3) is 5.91 Å². The van der Waals surface area contributed by atoms with E-state index in [4.69, 9.17) is 14.2 Å². The average molecular weight is 409 g/mol. The molecule has 0 bridgehead atoms. The quantitative estimate of drug-likeness (QED) is 0.417. The Hall–Kier alpha value is -2.40. The van der Waals surface area contributed by atoms with Crippen LogP contribution in [0.1, 0.15) is 16.8 Å². The number of aliphatic hydroxyl groups is 2. The topological polar surface area (TPSA) is 130 Å². The van der Waals surface area contributed by atoms with Crippen molar-refractivity contribution in [3.8, 4) is 11.5 Å². The van der Waals surface area contributed by atoms with Crippen LogP contribution in [-0.2, 0) is 9.53 Å². The lowest BCUT2D eigenvalue weighted by Crippen LogP contribution is -2.40. The highest BCUT2D eigenvalue weighted by Gasteiger charge is 2.43. The van der Waals surface area contributed by atoms with Gasteiger partial charge in [0.2, 0.25) is 12.7 Å². The Morgan fingerprint density at radius 3 is 2.59 bits per heavy atom. The molecule has 0 aliphatic carbocycles. The highest BCUT2D eigenvalue weighted by molar-refractivity contribution is 5.94. The minimum atomic E-state index is -1.21. The number of hydrogen-bond donors (Lipinski definition) is 4. The van der Waals surface area contributed by atoms with Gasteiger partial charge in [0.15, 0.2) is 11.5 Å². The zero-order valence-corrected chi connectivity index (χ0v) is 16.5. The fourth-order valence-electron chi connectivity index (χ4n) is 3.17. The van der Waals surface area contributed by atoms with Gasteiger partial charge < -0.3 is 40.0 Å².